The Morgan fingerprint density at radius 2 is 2.32 bits per heavy atom. The molecule has 0 N–H and O–H groups in total. The molecule has 1 amide bonds. The van der Waals surface area contributed by atoms with Crippen LogP contribution in [0.15, 0.2) is 22.8 Å². The fourth-order valence-electron chi connectivity index (χ4n) is 2.18. The number of amides is 1. The number of hydrogen-bond acceptors (Lipinski definition) is 4. The third-order valence-corrected chi connectivity index (χ3v) is 4.31. The standard InChI is InChI=1S/C14H16N2O2S/c1-9-13(19-10(2)15-9)14(17)16(11-5-6-11)8-12-4-3-7-18-12/h3-4,7,11H,5-6,8H2,1-2H3. The van der Waals surface area contributed by atoms with Gasteiger partial charge in [-0.05, 0) is 38.8 Å². The number of hydrogen-bond donors (Lipinski definition) is 0. The molecule has 0 spiro atoms. The Bertz CT molecular complexity index is 585. The predicted octanol–water partition coefficient (Wildman–Crippen LogP) is 3.16. The molecule has 0 aliphatic heterocycles. The highest BCUT2D eigenvalue weighted by atomic mass is 32.1. The summed E-state index contributed by atoms with van der Waals surface area (Å²) in [5, 5.41) is 0.939. The Labute approximate surface area is 116 Å². The molecule has 19 heavy (non-hydrogen) atoms. The van der Waals surface area contributed by atoms with Gasteiger partial charge in [-0.3, -0.25) is 4.79 Å². The van der Waals surface area contributed by atoms with Crippen molar-refractivity contribution in [1.29, 1.82) is 0 Å². The number of aryl methyl sites for hydroxylation is 2. The fraction of sp³-hybridized carbons (Fsp3) is 0.429. The lowest BCUT2D eigenvalue weighted by Crippen LogP contribution is -2.32. The number of thiazole rings is 1. The number of carbonyl (C=O) groups is 1. The van der Waals surface area contributed by atoms with E-state index in [0.29, 0.717) is 12.6 Å². The van der Waals surface area contributed by atoms with Gasteiger partial charge in [0.25, 0.3) is 5.91 Å². The van der Waals surface area contributed by atoms with Crippen LogP contribution in [0, 0.1) is 13.8 Å². The summed E-state index contributed by atoms with van der Waals surface area (Å²) in [7, 11) is 0. The quantitative estimate of drug-likeness (QED) is 0.861. The first kappa shape index (κ1) is 12.4. The molecule has 100 valence electrons. The van der Waals surface area contributed by atoms with Crippen molar-refractivity contribution < 1.29 is 9.21 Å². The van der Waals surface area contributed by atoms with Gasteiger partial charge < -0.3 is 9.32 Å². The van der Waals surface area contributed by atoms with E-state index in [2.05, 4.69) is 4.98 Å². The summed E-state index contributed by atoms with van der Waals surface area (Å²) in [5.74, 6) is 0.918. The first-order valence-corrected chi connectivity index (χ1v) is 7.24. The SMILES string of the molecule is Cc1nc(C)c(C(=O)N(Cc2ccco2)C2CC2)s1. The van der Waals surface area contributed by atoms with E-state index < -0.39 is 0 Å². The minimum atomic E-state index is 0.0852. The van der Waals surface area contributed by atoms with E-state index in [4.69, 9.17) is 4.42 Å². The van der Waals surface area contributed by atoms with Crippen LogP contribution in [0.1, 0.15) is 39.0 Å². The van der Waals surface area contributed by atoms with Gasteiger partial charge in [-0.1, -0.05) is 0 Å². The highest BCUT2D eigenvalue weighted by Gasteiger charge is 2.34. The molecule has 3 rings (SSSR count). The van der Waals surface area contributed by atoms with E-state index in [0.717, 1.165) is 34.2 Å². The molecule has 2 aromatic rings. The number of rotatable bonds is 4. The zero-order valence-corrected chi connectivity index (χ0v) is 11.9. The van der Waals surface area contributed by atoms with E-state index >= 15 is 0 Å². The number of carbonyl (C=O) groups excluding carboxylic acids is 1. The topological polar surface area (TPSA) is 46.3 Å². The average molecular weight is 276 g/mol. The molecule has 2 heterocycles. The molecule has 0 atom stereocenters. The molecule has 1 fully saturated rings. The maximum Gasteiger partial charge on any atom is 0.266 e. The third kappa shape index (κ3) is 2.56. The van der Waals surface area contributed by atoms with Crippen LogP contribution in [0.4, 0.5) is 0 Å². The molecule has 2 aromatic heterocycles. The first-order chi connectivity index (χ1) is 9.15. The van der Waals surface area contributed by atoms with Gasteiger partial charge in [0.1, 0.15) is 10.6 Å². The molecular formula is C14H16N2O2S. The molecule has 1 aliphatic carbocycles. The van der Waals surface area contributed by atoms with Gasteiger partial charge in [-0.15, -0.1) is 11.3 Å². The van der Waals surface area contributed by atoms with Crippen molar-refractivity contribution in [3.05, 3.63) is 39.7 Å². The number of aromatic nitrogens is 1. The van der Waals surface area contributed by atoms with Gasteiger partial charge in [0.05, 0.1) is 23.5 Å². The third-order valence-electron chi connectivity index (χ3n) is 3.25. The molecule has 0 aromatic carbocycles. The van der Waals surface area contributed by atoms with Gasteiger partial charge >= 0.3 is 0 Å². The van der Waals surface area contributed by atoms with Crippen LogP contribution >= 0.6 is 11.3 Å². The molecule has 0 radical (unpaired) electrons. The van der Waals surface area contributed by atoms with Gasteiger partial charge in [0, 0.05) is 6.04 Å². The summed E-state index contributed by atoms with van der Waals surface area (Å²) in [6, 6.07) is 4.12. The first-order valence-electron chi connectivity index (χ1n) is 6.42. The zero-order chi connectivity index (χ0) is 13.4. The summed E-state index contributed by atoms with van der Waals surface area (Å²) in [5.41, 5.74) is 0.831. The summed E-state index contributed by atoms with van der Waals surface area (Å²) < 4.78 is 5.36. The van der Waals surface area contributed by atoms with Gasteiger partial charge in [0.2, 0.25) is 0 Å². The molecule has 1 aliphatic rings. The van der Waals surface area contributed by atoms with Crippen LogP contribution in [0.25, 0.3) is 0 Å². The Kier molecular flexibility index (Phi) is 3.14. The van der Waals surface area contributed by atoms with Crippen molar-refractivity contribution in [2.75, 3.05) is 0 Å². The minimum absolute atomic E-state index is 0.0852. The number of nitrogens with zero attached hydrogens (tertiary/aromatic N) is 2. The summed E-state index contributed by atoms with van der Waals surface area (Å²) in [6.07, 6.45) is 3.82. The van der Waals surface area contributed by atoms with Crippen LogP contribution in [-0.2, 0) is 6.54 Å². The van der Waals surface area contributed by atoms with Crippen LogP contribution in [-0.4, -0.2) is 21.8 Å². The molecule has 1 saturated carbocycles. The number of furan rings is 1. The molecule has 5 heteroatoms. The lowest BCUT2D eigenvalue weighted by Gasteiger charge is -2.20. The highest BCUT2D eigenvalue weighted by Crippen LogP contribution is 2.31. The van der Waals surface area contributed by atoms with Crippen molar-refractivity contribution in [3.8, 4) is 0 Å². The Hall–Kier alpha value is -1.62. The van der Waals surface area contributed by atoms with E-state index in [1.807, 2.05) is 30.9 Å². The van der Waals surface area contributed by atoms with Gasteiger partial charge in [0.15, 0.2) is 0 Å². The van der Waals surface area contributed by atoms with E-state index in [9.17, 15) is 4.79 Å². The van der Waals surface area contributed by atoms with Crippen molar-refractivity contribution in [2.24, 2.45) is 0 Å². The Balaban J connectivity index is 1.84. The van der Waals surface area contributed by atoms with Crippen LogP contribution in [0.3, 0.4) is 0 Å². The van der Waals surface area contributed by atoms with E-state index in [1.54, 1.807) is 6.26 Å². The van der Waals surface area contributed by atoms with E-state index in [-0.39, 0.29) is 5.91 Å². The Morgan fingerprint density at radius 1 is 1.53 bits per heavy atom. The highest BCUT2D eigenvalue weighted by molar-refractivity contribution is 7.13. The summed E-state index contributed by atoms with van der Waals surface area (Å²) in [6.45, 7) is 4.38. The largest absolute Gasteiger partial charge is 0.467 e. The molecular weight excluding hydrogens is 260 g/mol. The maximum atomic E-state index is 12.6. The van der Waals surface area contributed by atoms with Crippen LogP contribution in [0.2, 0.25) is 0 Å². The second-order valence-corrected chi connectivity index (χ2v) is 6.09. The molecule has 4 nitrogen and oxygen atoms in total. The zero-order valence-electron chi connectivity index (χ0n) is 11.0. The van der Waals surface area contributed by atoms with Crippen molar-refractivity contribution in [3.63, 3.8) is 0 Å². The second kappa shape index (κ2) is 4.81. The minimum Gasteiger partial charge on any atom is -0.467 e. The molecule has 0 bridgehead atoms. The smallest absolute Gasteiger partial charge is 0.266 e. The normalized spacial score (nSPS) is 14.6. The summed E-state index contributed by atoms with van der Waals surface area (Å²) >= 11 is 1.48. The van der Waals surface area contributed by atoms with Crippen molar-refractivity contribution in [2.45, 2.75) is 39.3 Å². The van der Waals surface area contributed by atoms with E-state index in [1.165, 1.54) is 11.3 Å². The van der Waals surface area contributed by atoms with Crippen molar-refractivity contribution >= 4 is 17.2 Å². The molecule has 0 unspecified atom stereocenters. The second-order valence-electron chi connectivity index (χ2n) is 4.89. The monoisotopic (exact) mass is 276 g/mol. The van der Waals surface area contributed by atoms with Gasteiger partial charge in [-0.2, -0.15) is 0 Å². The van der Waals surface area contributed by atoms with Crippen LogP contribution < -0.4 is 0 Å². The molecule has 0 saturated heterocycles. The lowest BCUT2D eigenvalue weighted by atomic mass is 10.3. The van der Waals surface area contributed by atoms with Gasteiger partial charge in [-0.25, -0.2) is 4.98 Å². The Morgan fingerprint density at radius 3 is 2.84 bits per heavy atom. The van der Waals surface area contributed by atoms with Crippen molar-refractivity contribution in [1.82, 2.24) is 9.88 Å². The van der Waals surface area contributed by atoms with Crippen LogP contribution in [0.5, 0.6) is 0 Å². The predicted molar refractivity (Wildman–Crippen MR) is 73.2 cm³/mol. The summed E-state index contributed by atoms with van der Waals surface area (Å²) in [4.78, 5) is 19.7. The maximum absolute atomic E-state index is 12.6. The average Bonchev–Trinajstić information content (AvgIpc) is 2.97. The fourth-order valence-corrected chi connectivity index (χ4v) is 3.06. The lowest BCUT2D eigenvalue weighted by molar-refractivity contribution is 0.0721.